The number of carbonyl (C=O) groups excluding carboxylic acids is 3. The SMILES string of the molecule is CN(C(=O)CN1CCCn2nc(C(=O)NCc3ccc(Cl)cc3)cc2C1=O)c1ccccc1. The smallest absolute Gasteiger partial charge is 0.272 e. The number of fused-ring (bicyclic) bond motifs is 1. The molecule has 0 aliphatic carbocycles. The Kier molecular flexibility index (Phi) is 6.74. The minimum absolute atomic E-state index is 0.0481. The Bertz CT molecular complexity index is 1160. The second kappa shape index (κ2) is 9.87. The van der Waals surface area contributed by atoms with Crippen molar-refractivity contribution in [2.75, 3.05) is 25.0 Å². The van der Waals surface area contributed by atoms with Gasteiger partial charge in [-0.2, -0.15) is 5.10 Å². The Morgan fingerprint density at radius 1 is 1.09 bits per heavy atom. The third kappa shape index (κ3) is 5.23. The number of hydrogen-bond donors (Lipinski definition) is 1. The molecule has 3 amide bonds. The van der Waals surface area contributed by atoms with Crippen molar-refractivity contribution in [3.8, 4) is 0 Å². The summed E-state index contributed by atoms with van der Waals surface area (Å²) in [4.78, 5) is 41.5. The van der Waals surface area contributed by atoms with E-state index in [4.69, 9.17) is 11.6 Å². The zero-order valence-corrected chi connectivity index (χ0v) is 19.0. The van der Waals surface area contributed by atoms with Crippen molar-refractivity contribution < 1.29 is 14.4 Å². The zero-order valence-electron chi connectivity index (χ0n) is 18.2. The van der Waals surface area contributed by atoms with Gasteiger partial charge in [-0.05, 0) is 36.2 Å². The number of para-hydroxylation sites is 1. The number of rotatable bonds is 6. The monoisotopic (exact) mass is 465 g/mol. The van der Waals surface area contributed by atoms with Gasteiger partial charge in [0.25, 0.3) is 11.8 Å². The zero-order chi connectivity index (χ0) is 23.4. The molecule has 1 aromatic heterocycles. The summed E-state index contributed by atoms with van der Waals surface area (Å²) < 4.78 is 1.55. The summed E-state index contributed by atoms with van der Waals surface area (Å²) in [6.45, 7) is 1.20. The number of aryl methyl sites for hydroxylation is 1. The lowest BCUT2D eigenvalue weighted by Crippen LogP contribution is -2.41. The van der Waals surface area contributed by atoms with Crippen molar-refractivity contribution in [1.29, 1.82) is 0 Å². The molecule has 0 bridgehead atoms. The summed E-state index contributed by atoms with van der Waals surface area (Å²) in [6, 6.07) is 17.9. The molecule has 0 spiro atoms. The molecule has 0 fully saturated rings. The molecular formula is C24H24ClN5O3. The molecule has 1 aliphatic heterocycles. The van der Waals surface area contributed by atoms with Gasteiger partial charge < -0.3 is 15.1 Å². The van der Waals surface area contributed by atoms with E-state index in [0.717, 1.165) is 11.3 Å². The van der Waals surface area contributed by atoms with E-state index in [0.29, 0.717) is 36.8 Å². The standard InChI is InChI=1S/C24H24ClN5O3/c1-28(19-6-3-2-4-7-19)22(31)16-29-12-5-13-30-21(24(29)33)14-20(27-30)23(32)26-15-17-8-10-18(25)11-9-17/h2-4,6-11,14H,5,12-13,15-16H2,1H3,(H,26,32). The van der Waals surface area contributed by atoms with Gasteiger partial charge >= 0.3 is 0 Å². The van der Waals surface area contributed by atoms with Crippen LogP contribution >= 0.6 is 11.6 Å². The Hall–Kier alpha value is -3.65. The quantitative estimate of drug-likeness (QED) is 0.606. The number of hydrogen-bond acceptors (Lipinski definition) is 4. The molecule has 2 heterocycles. The fourth-order valence-corrected chi connectivity index (χ4v) is 3.76. The van der Waals surface area contributed by atoms with Crippen LogP contribution in [-0.2, 0) is 17.9 Å². The van der Waals surface area contributed by atoms with Crippen molar-refractivity contribution in [1.82, 2.24) is 20.0 Å². The molecule has 0 saturated heterocycles. The maximum Gasteiger partial charge on any atom is 0.272 e. The molecule has 9 heteroatoms. The second-order valence-corrected chi connectivity index (χ2v) is 8.25. The molecule has 3 aromatic rings. The lowest BCUT2D eigenvalue weighted by molar-refractivity contribution is -0.119. The molecule has 0 unspecified atom stereocenters. The Morgan fingerprint density at radius 3 is 2.55 bits per heavy atom. The van der Waals surface area contributed by atoms with Crippen LogP contribution < -0.4 is 10.2 Å². The Morgan fingerprint density at radius 2 is 1.82 bits per heavy atom. The number of halogens is 1. The third-order valence-electron chi connectivity index (χ3n) is 5.53. The Balaban J connectivity index is 1.43. The molecule has 1 aliphatic rings. The van der Waals surface area contributed by atoms with Gasteiger partial charge in [-0.1, -0.05) is 41.9 Å². The number of likely N-dealkylation sites (N-methyl/N-ethyl adjacent to an activating group) is 1. The van der Waals surface area contributed by atoms with E-state index < -0.39 is 0 Å². The van der Waals surface area contributed by atoms with Gasteiger partial charge in [0, 0.05) is 43.5 Å². The number of aromatic nitrogens is 2. The van der Waals surface area contributed by atoms with Crippen LogP contribution in [0.2, 0.25) is 5.02 Å². The van der Waals surface area contributed by atoms with Crippen LogP contribution in [0.15, 0.2) is 60.7 Å². The fraction of sp³-hybridized carbons (Fsp3) is 0.250. The van der Waals surface area contributed by atoms with Gasteiger partial charge in [0.15, 0.2) is 5.69 Å². The summed E-state index contributed by atoms with van der Waals surface area (Å²) in [6.07, 6.45) is 0.634. The molecule has 4 rings (SSSR count). The van der Waals surface area contributed by atoms with E-state index in [1.54, 1.807) is 23.9 Å². The minimum atomic E-state index is -0.371. The highest BCUT2D eigenvalue weighted by molar-refractivity contribution is 6.30. The highest BCUT2D eigenvalue weighted by Gasteiger charge is 2.28. The highest BCUT2D eigenvalue weighted by atomic mass is 35.5. The normalized spacial score (nSPS) is 13.3. The molecule has 8 nitrogen and oxygen atoms in total. The third-order valence-corrected chi connectivity index (χ3v) is 5.78. The number of carbonyl (C=O) groups is 3. The predicted octanol–water partition coefficient (Wildman–Crippen LogP) is 2.98. The van der Waals surface area contributed by atoms with Gasteiger partial charge in [0.05, 0.1) is 0 Å². The first-order valence-electron chi connectivity index (χ1n) is 10.6. The van der Waals surface area contributed by atoms with Gasteiger partial charge in [0.1, 0.15) is 12.2 Å². The van der Waals surface area contributed by atoms with Crippen LogP contribution in [0.3, 0.4) is 0 Å². The number of benzene rings is 2. The summed E-state index contributed by atoms with van der Waals surface area (Å²) in [5.74, 6) is -0.875. The van der Waals surface area contributed by atoms with Gasteiger partial charge in [-0.3, -0.25) is 19.1 Å². The average Bonchev–Trinajstić information content (AvgIpc) is 3.21. The van der Waals surface area contributed by atoms with Crippen LogP contribution in [0.4, 0.5) is 5.69 Å². The maximum absolute atomic E-state index is 13.1. The summed E-state index contributed by atoms with van der Waals surface area (Å²) in [5, 5.41) is 7.76. The average molecular weight is 466 g/mol. The lowest BCUT2D eigenvalue weighted by Gasteiger charge is -2.23. The fourth-order valence-electron chi connectivity index (χ4n) is 3.64. The molecule has 0 radical (unpaired) electrons. The van der Waals surface area contributed by atoms with Crippen molar-refractivity contribution in [2.45, 2.75) is 19.5 Å². The van der Waals surface area contributed by atoms with Gasteiger partial charge in [0.2, 0.25) is 5.91 Å². The molecule has 0 saturated carbocycles. The van der Waals surface area contributed by atoms with Crippen LogP contribution in [0, 0.1) is 0 Å². The van der Waals surface area contributed by atoms with Crippen LogP contribution in [0.25, 0.3) is 0 Å². The van der Waals surface area contributed by atoms with E-state index in [1.165, 1.54) is 15.9 Å². The molecule has 33 heavy (non-hydrogen) atoms. The summed E-state index contributed by atoms with van der Waals surface area (Å²) in [7, 11) is 1.69. The Labute approximate surface area is 196 Å². The van der Waals surface area contributed by atoms with Crippen molar-refractivity contribution in [2.24, 2.45) is 0 Å². The van der Waals surface area contributed by atoms with Crippen LogP contribution in [-0.4, -0.2) is 52.5 Å². The van der Waals surface area contributed by atoms with Gasteiger partial charge in [-0.15, -0.1) is 0 Å². The molecular weight excluding hydrogens is 442 g/mol. The van der Waals surface area contributed by atoms with E-state index >= 15 is 0 Å². The summed E-state index contributed by atoms with van der Waals surface area (Å²) in [5.41, 5.74) is 2.13. The first kappa shape index (κ1) is 22.5. The lowest BCUT2D eigenvalue weighted by atomic mass is 10.2. The van der Waals surface area contributed by atoms with E-state index in [2.05, 4.69) is 10.4 Å². The second-order valence-electron chi connectivity index (χ2n) is 7.82. The van der Waals surface area contributed by atoms with E-state index in [1.807, 2.05) is 42.5 Å². The predicted molar refractivity (Wildman–Crippen MR) is 125 cm³/mol. The first-order chi connectivity index (χ1) is 15.9. The van der Waals surface area contributed by atoms with E-state index in [9.17, 15) is 14.4 Å². The number of amides is 3. The maximum atomic E-state index is 13.1. The van der Waals surface area contributed by atoms with Crippen LogP contribution in [0.1, 0.15) is 33.0 Å². The van der Waals surface area contributed by atoms with Crippen molar-refractivity contribution in [3.05, 3.63) is 82.6 Å². The van der Waals surface area contributed by atoms with Crippen molar-refractivity contribution in [3.63, 3.8) is 0 Å². The van der Waals surface area contributed by atoms with Crippen LogP contribution in [0.5, 0.6) is 0 Å². The summed E-state index contributed by atoms with van der Waals surface area (Å²) >= 11 is 5.89. The molecule has 1 N–H and O–H groups in total. The molecule has 2 aromatic carbocycles. The topological polar surface area (TPSA) is 87.5 Å². The van der Waals surface area contributed by atoms with E-state index in [-0.39, 0.29) is 30.0 Å². The van der Waals surface area contributed by atoms with Crippen molar-refractivity contribution >= 4 is 35.0 Å². The number of anilines is 1. The largest absolute Gasteiger partial charge is 0.347 e. The first-order valence-corrected chi connectivity index (χ1v) is 11.0. The number of nitrogens with one attached hydrogen (secondary N) is 1. The minimum Gasteiger partial charge on any atom is -0.347 e. The number of nitrogens with zero attached hydrogens (tertiary/aromatic N) is 4. The highest BCUT2D eigenvalue weighted by Crippen LogP contribution is 2.16. The molecule has 0 atom stereocenters. The molecule has 170 valence electrons. The van der Waals surface area contributed by atoms with Gasteiger partial charge in [-0.25, -0.2) is 0 Å².